The Morgan fingerprint density at radius 3 is 2.49 bits per heavy atom. The van der Waals surface area contributed by atoms with Crippen molar-refractivity contribution in [2.75, 3.05) is 16.2 Å². The van der Waals surface area contributed by atoms with Crippen LogP contribution in [0.15, 0.2) is 54.9 Å². The Balaban J connectivity index is 1.77. The topological polar surface area (TPSA) is 120 Å². The summed E-state index contributed by atoms with van der Waals surface area (Å²) < 4.78 is 86.6. The molecule has 0 saturated heterocycles. The summed E-state index contributed by atoms with van der Waals surface area (Å²) in [6.45, 7) is 2.46. The lowest BCUT2D eigenvalue weighted by Crippen LogP contribution is -2.30. The van der Waals surface area contributed by atoms with Crippen LogP contribution in [0.4, 0.5) is 29.2 Å². The number of pyridine rings is 1. The largest absolute Gasteiger partial charge is 0.437 e. The van der Waals surface area contributed by atoms with Crippen molar-refractivity contribution < 1.29 is 30.7 Å². The Labute approximate surface area is 209 Å². The second-order valence-corrected chi connectivity index (χ2v) is 10.1. The molecule has 8 nitrogen and oxygen atoms in total. The Kier molecular flexibility index (Phi) is 6.91. The van der Waals surface area contributed by atoms with Crippen LogP contribution in [-0.2, 0) is 10.0 Å². The number of aromatic nitrogens is 3. The molecule has 13 heteroatoms. The van der Waals surface area contributed by atoms with Gasteiger partial charge in [0.2, 0.25) is 21.9 Å². The van der Waals surface area contributed by atoms with Crippen molar-refractivity contribution in [1.29, 1.82) is 0 Å². The fourth-order valence-corrected chi connectivity index (χ4v) is 5.06. The van der Waals surface area contributed by atoms with Gasteiger partial charge >= 0.3 is 6.18 Å². The van der Waals surface area contributed by atoms with Gasteiger partial charge in [-0.05, 0) is 42.8 Å². The first kappa shape index (κ1) is 26.1. The van der Waals surface area contributed by atoms with Crippen molar-refractivity contribution in [2.45, 2.75) is 20.0 Å². The van der Waals surface area contributed by atoms with Gasteiger partial charge in [0.25, 0.3) is 0 Å². The van der Waals surface area contributed by atoms with Gasteiger partial charge in [-0.1, -0.05) is 19.1 Å². The van der Waals surface area contributed by atoms with E-state index < -0.39 is 39.4 Å². The van der Waals surface area contributed by atoms with Crippen molar-refractivity contribution in [3.05, 3.63) is 66.2 Å². The number of nitrogens with one attached hydrogen (secondary N) is 1. The molecule has 194 valence electrons. The number of sulfonamides is 1. The molecule has 0 aliphatic heterocycles. The smallest absolute Gasteiger partial charge is 0.392 e. The van der Waals surface area contributed by atoms with Crippen molar-refractivity contribution in [1.82, 2.24) is 15.0 Å². The first-order chi connectivity index (χ1) is 17.4. The second-order valence-electron chi connectivity index (χ2n) is 8.31. The monoisotopic (exact) mass is 535 g/mol. The summed E-state index contributed by atoms with van der Waals surface area (Å²) >= 11 is 0. The summed E-state index contributed by atoms with van der Waals surface area (Å²) in [5, 5.41) is 0.398. The molecular formula is C24H21F4N5O3S. The van der Waals surface area contributed by atoms with Crippen LogP contribution in [0.2, 0.25) is 0 Å². The fraction of sp³-hybridized carbons (Fsp3) is 0.208. The number of nitrogens with two attached hydrogens (primary N) is 1. The minimum Gasteiger partial charge on any atom is -0.437 e. The van der Waals surface area contributed by atoms with Gasteiger partial charge in [-0.3, -0.25) is 4.72 Å². The van der Waals surface area contributed by atoms with Crippen LogP contribution in [0.25, 0.3) is 22.0 Å². The zero-order chi connectivity index (χ0) is 27.0. The number of nitrogens with zero attached hydrogens (tertiary/aromatic N) is 3. The molecular weight excluding hydrogens is 514 g/mol. The van der Waals surface area contributed by atoms with Crippen LogP contribution in [0, 0.1) is 18.7 Å². The highest BCUT2D eigenvalue weighted by atomic mass is 32.2. The Morgan fingerprint density at radius 2 is 1.78 bits per heavy atom. The molecule has 2 heterocycles. The quantitative estimate of drug-likeness (QED) is 0.302. The van der Waals surface area contributed by atoms with E-state index in [1.807, 2.05) is 4.72 Å². The minimum absolute atomic E-state index is 0.0425. The van der Waals surface area contributed by atoms with Gasteiger partial charge in [0.1, 0.15) is 11.6 Å². The summed E-state index contributed by atoms with van der Waals surface area (Å²) in [5.74, 6) is -3.95. The van der Waals surface area contributed by atoms with Crippen LogP contribution in [0.5, 0.6) is 11.6 Å². The van der Waals surface area contributed by atoms with E-state index in [4.69, 9.17) is 10.5 Å². The molecule has 0 saturated carbocycles. The number of hydrogen-bond acceptors (Lipinski definition) is 7. The number of ether oxygens (including phenoxy) is 1. The van der Waals surface area contributed by atoms with E-state index in [0.717, 1.165) is 13.0 Å². The number of alkyl halides is 3. The van der Waals surface area contributed by atoms with Crippen LogP contribution in [0.3, 0.4) is 0 Å². The van der Waals surface area contributed by atoms with E-state index in [1.54, 1.807) is 31.2 Å². The molecule has 1 atom stereocenters. The molecule has 0 aliphatic rings. The van der Waals surface area contributed by atoms with Gasteiger partial charge in [0, 0.05) is 23.2 Å². The van der Waals surface area contributed by atoms with Crippen LogP contribution in [0.1, 0.15) is 12.5 Å². The van der Waals surface area contributed by atoms with Gasteiger partial charge in [-0.15, -0.1) is 0 Å². The standard InChI is InChI=1S/C24H21F4N5O3S/c1-13-5-6-15-16(7-8-18(25)20(15)33-37(34,35)12-14(2)24(26,27)28)21(13)36-22-17(4-3-10-30-22)19-9-11-31-23(29)32-19/h3-11,14,33H,12H2,1-2H3,(H2,29,31,32)/t14-/m0/s1. The molecule has 2 aromatic heterocycles. The maximum absolute atomic E-state index is 14.8. The molecule has 2 aromatic carbocycles. The van der Waals surface area contributed by atoms with Gasteiger partial charge in [-0.2, -0.15) is 13.2 Å². The molecule has 3 N–H and O–H groups in total. The molecule has 0 bridgehead atoms. The summed E-state index contributed by atoms with van der Waals surface area (Å²) in [6.07, 6.45) is -1.76. The lowest BCUT2D eigenvalue weighted by molar-refractivity contribution is -0.163. The van der Waals surface area contributed by atoms with Crippen molar-refractivity contribution >= 4 is 32.4 Å². The SMILES string of the molecule is Cc1ccc2c(NS(=O)(=O)C[C@H](C)C(F)(F)F)c(F)ccc2c1Oc1ncccc1-c1ccnc(N)n1. The maximum Gasteiger partial charge on any atom is 0.392 e. The number of anilines is 2. The Bertz CT molecular complexity index is 1580. The number of halogens is 4. The Hall–Kier alpha value is -4.00. The Morgan fingerprint density at radius 1 is 1.05 bits per heavy atom. The average molecular weight is 536 g/mol. The molecule has 37 heavy (non-hydrogen) atoms. The lowest BCUT2D eigenvalue weighted by atomic mass is 10.0. The fourth-order valence-electron chi connectivity index (χ4n) is 3.61. The number of nitrogen functional groups attached to an aromatic ring is 1. The van der Waals surface area contributed by atoms with Gasteiger partial charge < -0.3 is 10.5 Å². The summed E-state index contributed by atoms with van der Waals surface area (Å²) in [4.78, 5) is 12.3. The second kappa shape index (κ2) is 9.81. The molecule has 0 unspecified atom stereocenters. The average Bonchev–Trinajstić information content (AvgIpc) is 2.82. The molecule has 0 amide bonds. The highest BCUT2D eigenvalue weighted by molar-refractivity contribution is 7.92. The van der Waals surface area contributed by atoms with Gasteiger partial charge in [0.05, 0.1) is 28.6 Å². The number of aryl methyl sites for hydroxylation is 1. The van der Waals surface area contributed by atoms with Crippen LogP contribution < -0.4 is 15.2 Å². The number of fused-ring (bicyclic) bond motifs is 1. The molecule has 0 radical (unpaired) electrons. The number of rotatable bonds is 7. The zero-order valence-corrected chi connectivity index (χ0v) is 20.4. The number of benzene rings is 2. The highest BCUT2D eigenvalue weighted by Gasteiger charge is 2.39. The highest BCUT2D eigenvalue weighted by Crippen LogP contribution is 2.40. The molecule has 0 aliphatic carbocycles. The van der Waals surface area contributed by atoms with E-state index in [2.05, 4.69) is 15.0 Å². The first-order valence-corrected chi connectivity index (χ1v) is 12.5. The van der Waals surface area contributed by atoms with Gasteiger partial charge in [0.15, 0.2) is 0 Å². The third-order valence-corrected chi connectivity index (χ3v) is 6.96. The van der Waals surface area contributed by atoms with Crippen molar-refractivity contribution in [2.24, 2.45) is 5.92 Å². The van der Waals surface area contributed by atoms with E-state index in [0.29, 0.717) is 22.2 Å². The van der Waals surface area contributed by atoms with E-state index in [1.165, 1.54) is 24.5 Å². The minimum atomic E-state index is -4.72. The molecule has 4 aromatic rings. The first-order valence-electron chi connectivity index (χ1n) is 10.9. The zero-order valence-electron chi connectivity index (χ0n) is 19.5. The van der Waals surface area contributed by atoms with E-state index >= 15 is 0 Å². The third kappa shape index (κ3) is 5.71. The van der Waals surface area contributed by atoms with E-state index in [9.17, 15) is 26.0 Å². The maximum atomic E-state index is 14.8. The lowest BCUT2D eigenvalue weighted by Gasteiger charge is -2.19. The van der Waals surface area contributed by atoms with Crippen molar-refractivity contribution in [3.8, 4) is 22.9 Å². The van der Waals surface area contributed by atoms with Crippen molar-refractivity contribution in [3.63, 3.8) is 0 Å². The van der Waals surface area contributed by atoms with Gasteiger partial charge in [-0.25, -0.2) is 27.8 Å². The predicted molar refractivity (Wildman–Crippen MR) is 131 cm³/mol. The molecule has 4 rings (SSSR count). The molecule has 0 fully saturated rings. The predicted octanol–water partition coefficient (Wildman–Crippen LogP) is 5.45. The third-order valence-electron chi connectivity index (χ3n) is 5.50. The van der Waals surface area contributed by atoms with Crippen LogP contribution >= 0.6 is 0 Å². The summed E-state index contributed by atoms with van der Waals surface area (Å²) in [7, 11) is -4.55. The van der Waals surface area contributed by atoms with E-state index in [-0.39, 0.29) is 23.0 Å². The summed E-state index contributed by atoms with van der Waals surface area (Å²) in [6, 6.07) is 10.4. The summed E-state index contributed by atoms with van der Waals surface area (Å²) in [5.41, 5.74) is 6.74. The number of hydrogen-bond donors (Lipinski definition) is 2. The molecule has 0 spiro atoms. The van der Waals surface area contributed by atoms with Crippen LogP contribution in [-0.4, -0.2) is 35.3 Å². The normalized spacial score (nSPS) is 12.9.